The van der Waals surface area contributed by atoms with Crippen molar-refractivity contribution in [2.75, 3.05) is 0 Å². The van der Waals surface area contributed by atoms with Crippen molar-refractivity contribution in [1.82, 2.24) is 5.32 Å². The first-order valence-corrected chi connectivity index (χ1v) is 10.0. The zero-order valence-corrected chi connectivity index (χ0v) is 17.4. The Kier molecular flexibility index (Phi) is 7.82. The molecule has 1 heterocycles. The third-order valence-electron chi connectivity index (χ3n) is 4.95. The topological polar surface area (TPSA) is 106 Å². The molecule has 1 aromatic heterocycles. The van der Waals surface area contributed by atoms with E-state index >= 15 is 0 Å². The van der Waals surface area contributed by atoms with Crippen molar-refractivity contribution in [2.45, 2.75) is 71.9 Å². The lowest BCUT2D eigenvalue weighted by atomic mass is 10.0. The van der Waals surface area contributed by atoms with Crippen molar-refractivity contribution in [2.24, 2.45) is 0 Å². The summed E-state index contributed by atoms with van der Waals surface area (Å²) in [5, 5.41) is 12.1. The number of carboxylic acids is 1. The van der Waals surface area contributed by atoms with Crippen molar-refractivity contribution in [3.05, 3.63) is 39.7 Å². The lowest BCUT2D eigenvalue weighted by molar-refractivity contribution is -0.142. The SMILES string of the molecule is CCCCCCc1c(C)c2ccc(O[C@H](C)C(=O)N[C@@H](C)C(=O)O)cc2oc1=O. The van der Waals surface area contributed by atoms with E-state index in [0.29, 0.717) is 23.3 Å². The average Bonchev–Trinajstić information content (AvgIpc) is 2.66. The first-order valence-electron chi connectivity index (χ1n) is 10.0. The van der Waals surface area contributed by atoms with Gasteiger partial charge in [-0.3, -0.25) is 9.59 Å². The van der Waals surface area contributed by atoms with Gasteiger partial charge in [0.05, 0.1) is 0 Å². The molecule has 2 aromatic rings. The predicted molar refractivity (Wildman–Crippen MR) is 110 cm³/mol. The van der Waals surface area contributed by atoms with E-state index in [9.17, 15) is 14.4 Å². The fourth-order valence-electron chi connectivity index (χ4n) is 3.12. The fourth-order valence-corrected chi connectivity index (χ4v) is 3.12. The number of rotatable bonds is 10. The Morgan fingerprint density at radius 1 is 1.21 bits per heavy atom. The number of carbonyl (C=O) groups excluding carboxylic acids is 1. The first kappa shape index (κ1) is 22.5. The molecule has 1 amide bonds. The van der Waals surface area contributed by atoms with Crippen LogP contribution in [0.25, 0.3) is 11.0 Å². The van der Waals surface area contributed by atoms with Crippen LogP contribution in [0.4, 0.5) is 0 Å². The number of amides is 1. The summed E-state index contributed by atoms with van der Waals surface area (Å²) in [7, 11) is 0. The van der Waals surface area contributed by atoms with Crippen LogP contribution < -0.4 is 15.7 Å². The van der Waals surface area contributed by atoms with Crippen LogP contribution in [-0.4, -0.2) is 29.1 Å². The van der Waals surface area contributed by atoms with E-state index in [1.54, 1.807) is 12.1 Å². The molecule has 0 aliphatic heterocycles. The molecule has 7 nitrogen and oxygen atoms in total. The van der Waals surface area contributed by atoms with Crippen LogP contribution in [0.15, 0.2) is 27.4 Å². The molecule has 2 N–H and O–H groups in total. The van der Waals surface area contributed by atoms with Gasteiger partial charge in [0, 0.05) is 17.0 Å². The van der Waals surface area contributed by atoms with Crippen LogP contribution in [0.1, 0.15) is 57.6 Å². The highest BCUT2D eigenvalue weighted by atomic mass is 16.5. The molecule has 2 rings (SSSR count). The molecule has 0 unspecified atom stereocenters. The molecule has 1 aromatic carbocycles. The average molecular weight is 403 g/mol. The van der Waals surface area contributed by atoms with Gasteiger partial charge in [-0.25, -0.2) is 4.79 Å². The lowest BCUT2D eigenvalue weighted by Gasteiger charge is -2.17. The van der Waals surface area contributed by atoms with Crippen molar-refractivity contribution >= 4 is 22.8 Å². The molecule has 0 saturated heterocycles. The van der Waals surface area contributed by atoms with Gasteiger partial charge in [-0.1, -0.05) is 26.2 Å². The standard InChI is InChI=1S/C22H29NO6/c1-5-6-7-8-9-18-13(2)17-11-10-16(12-19(17)29-22(18)27)28-15(4)20(24)23-14(3)21(25)26/h10-12,14-15H,5-9H2,1-4H3,(H,23,24)(H,25,26)/t14-,15+/m0/s1. The molecule has 0 radical (unpaired) electrons. The van der Waals surface area contributed by atoms with Gasteiger partial charge in [-0.05, 0) is 51.3 Å². The molecule has 29 heavy (non-hydrogen) atoms. The molecule has 0 fully saturated rings. The molecule has 0 saturated carbocycles. The summed E-state index contributed by atoms with van der Waals surface area (Å²) in [6, 6.07) is 4.08. The van der Waals surface area contributed by atoms with E-state index in [2.05, 4.69) is 12.2 Å². The quantitative estimate of drug-likeness (QED) is 0.464. The van der Waals surface area contributed by atoms with Crippen molar-refractivity contribution in [1.29, 1.82) is 0 Å². The minimum atomic E-state index is -1.13. The largest absolute Gasteiger partial charge is 0.481 e. The molecule has 0 aliphatic carbocycles. The van der Waals surface area contributed by atoms with Crippen molar-refractivity contribution in [3.8, 4) is 5.75 Å². The zero-order valence-electron chi connectivity index (χ0n) is 17.4. The van der Waals surface area contributed by atoms with Crippen molar-refractivity contribution < 1.29 is 23.8 Å². The van der Waals surface area contributed by atoms with Crippen LogP contribution in [-0.2, 0) is 16.0 Å². The molecule has 0 bridgehead atoms. The Balaban J connectivity index is 2.16. The van der Waals surface area contributed by atoms with E-state index in [-0.39, 0.29) is 5.63 Å². The van der Waals surface area contributed by atoms with Crippen LogP contribution in [0, 0.1) is 6.92 Å². The zero-order chi connectivity index (χ0) is 21.6. The van der Waals surface area contributed by atoms with Gasteiger partial charge in [-0.15, -0.1) is 0 Å². The maximum Gasteiger partial charge on any atom is 0.339 e. The number of hydrogen-bond acceptors (Lipinski definition) is 5. The second-order valence-electron chi connectivity index (χ2n) is 7.29. The normalized spacial score (nSPS) is 13.1. The highest BCUT2D eigenvalue weighted by molar-refractivity contribution is 5.86. The second-order valence-corrected chi connectivity index (χ2v) is 7.29. The van der Waals surface area contributed by atoms with Gasteiger partial charge < -0.3 is 19.6 Å². The predicted octanol–water partition coefficient (Wildman–Crippen LogP) is 3.58. The molecule has 0 aliphatic rings. The lowest BCUT2D eigenvalue weighted by Crippen LogP contribution is -2.44. The van der Waals surface area contributed by atoms with Crippen molar-refractivity contribution in [3.63, 3.8) is 0 Å². The van der Waals surface area contributed by atoms with E-state index in [1.807, 2.05) is 13.0 Å². The Morgan fingerprint density at radius 3 is 2.59 bits per heavy atom. The van der Waals surface area contributed by atoms with Gasteiger partial charge >= 0.3 is 11.6 Å². The van der Waals surface area contributed by atoms with Crippen LogP contribution in [0.3, 0.4) is 0 Å². The summed E-state index contributed by atoms with van der Waals surface area (Å²) in [5.41, 5.74) is 1.66. The molecular formula is C22H29NO6. The van der Waals surface area contributed by atoms with Crippen LogP contribution >= 0.6 is 0 Å². The number of ether oxygens (including phenoxy) is 1. The number of carboxylic acid groups (broad SMARTS) is 1. The van der Waals surface area contributed by atoms with Gasteiger partial charge in [0.15, 0.2) is 6.10 Å². The Morgan fingerprint density at radius 2 is 1.93 bits per heavy atom. The van der Waals surface area contributed by atoms with Gasteiger partial charge in [0.25, 0.3) is 5.91 Å². The number of aliphatic carboxylic acids is 1. The Labute approximate surface area is 170 Å². The second kappa shape index (κ2) is 10.1. The molecule has 7 heteroatoms. The van der Waals surface area contributed by atoms with E-state index in [4.69, 9.17) is 14.3 Å². The molecular weight excluding hydrogens is 374 g/mol. The number of unbranched alkanes of at least 4 members (excludes halogenated alkanes) is 3. The minimum Gasteiger partial charge on any atom is -0.481 e. The summed E-state index contributed by atoms with van der Waals surface area (Å²) < 4.78 is 11.1. The highest BCUT2D eigenvalue weighted by Crippen LogP contribution is 2.25. The smallest absolute Gasteiger partial charge is 0.339 e. The number of hydrogen-bond donors (Lipinski definition) is 2. The monoisotopic (exact) mass is 403 g/mol. The fraction of sp³-hybridized carbons (Fsp3) is 0.500. The van der Waals surface area contributed by atoms with Gasteiger partial charge in [-0.2, -0.15) is 0 Å². The van der Waals surface area contributed by atoms with Crippen LogP contribution in [0.2, 0.25) is 0 Å². The maximum absolute atomic E-state index is 12.4. The minimum absolute atomic E-state index is 0.343. The maximum atomic E-state index is 12.4. The molecule has 0 spiro atoms. The Hall–Kier alpha value is -2.83. The number of fused-ring (bicyclic) bond motifs is 1. The Bertz CT molecular complexity index is 933. The number of benzene rings is 1. The third kappa shape index (κ3) is 5.82. The number of aryl methyl sites for hydroxylation is 1. The van der Waals surface area contributed by atoms with Crippen LogP contribution in [0.5, 0.6) is 5.75 Å². The summed E-state index contributed by atoms with van der Waals surface area (Å²) in [6.07, 6.45) is 4.12. The first-order chi connectivity index (χ1) is 13.7. The van der Waals surface area contributed by atoms with E-state index < -0.39 is 24.0 Å². The summed E-state index contributed by atoms with van der Waals surface area (Å²) in [5.74, 6) is -1.31. The third-order valence-corrected chi connectivity index (χ3v) is 4.95. The van der Waals surface area contributed by atoms with Gasteiger partial charge in [0.1, 0.15) is 17.4 Å². The van der Waals surface area contributed by atoms with E-state index in [0.717, 1.165) is 36.6 Å². The molecule has 158 valence electrons. The summed E-state index contributed by atoms with van der Waals surface area (Å²) in [4.78, 5) is 35.3. The molecule has 2 atom stereocenters. The number of carbonyl (C=O) groups is 2. The van der Waals surface area contributed by atoms with E-state index in [1.165, 1.54) is 13.8 Å². The number of nitrogens with one attached hydrogen (secondary N) is 1. The summed E-state index contributed by atoms with van der Waals surface area (Å²) >= 11 is 0. The summed E-state index contributed by atoms with van der Waals surface area (Å²) in [6.45, 7) is 6.96. The van der Waals surface area contributed by atoms with Gasteiger partial charge in [0.2, 0.25) is 0 Å². The highest BCUT2D eigenvalue weighted by Gasteiger charge is 2.20.